The maximum absolute atomic E-state index is 3.77. The smallest absolute Gasteiger partial charge is 0.0181 e. The highest BCUT2D eigenvalue weighted by atomic mass is 15.0. The van der Waals surface area contributed by atoms with Crippen LogP contribution < -0.4 is 5.32 Å². The van der Waals surface area contributed by atoms with Crippen molar-refractivity contribution in [3.05, 3.63) is 0 Å². The van der Waals surface area contributed by atoms with Gasteiger partial charge in [-0.2, -0.15) is 0 Å². The van der Waals surface area contributed by atoms with Crippen LogP contribution in [0, 0.1) is 5.92 Å². The zero-order chi connectivity index (χ0) is 9.15. The van der Waals surface area contributed by atoms with Crippen molar-refractivity contribution in [2.75, 3.05) is 6.54 Å². The van der Waals surface area contributed by atoms with E-state index in [2.05, 4.69) is 12.2 Å². The maximum atomic E-state index is 3.77. The van der Waals surface area contributed by atoms with E-state index < -0.39 is 0 Å². The average molecular weight is 181 g/mol. The van der Waals surface area contributed by atoms with Crippen molar-refractivity contribution in [1.29, 1.82) is 0 Å². The third-order valence-electron chi connectivity index (χ3n) is 4.16. The van der Waals surface area contributed by atoms with Crippen LogP contribution in [0.25, 0.3) is 0 Å². The van der Waals surface area contributed by atoms with Gasteiger partial charge >= 0.3 is 0 Å². The standard InChI is InChI=1S/C12H23N/c1-12(9-5-6-10-13-12)11-7-3-2-4-8-11/h11,13H,2-10H2,1H3. The molecule has 0 aromatic heterocycles. The van der Waals surface area contributed by atoms with Crippen molar-refractivity contribution in [1.82, 2.24) is 5.32 Å². The topological polar surface area (TPSA) is 12.0 Å². The molecule has 2 aliphatic rings. The third kappa shape index (κ3) is 2.07. The first-order valence-corrected chi connectivity index (χ1v) is 6.06. The Labute approximate surface area is 82.3 Å². The molecular formula is C12H23N. The van der Waals surface area contributed by atoms with E-state index in [1.54, 1.807) is 0 Å². The van der Waals surface area contributed by atoms with Crippen molar-refractivity contribution < 1.29 is 0 Å². The van der Waals surface area contributed by atoms with Crippen molar-refractivity contribution in [2.45, 2.75) is 63.8 Å². The second-order valence-corrected chi connectivity index (χ2v) is 5.14. The Morgan fingerprint density at radius 1 is 1.00 bits per heavy atom. The zero-order valence-corrected chi connectivity index (χ0v) is 8.94. The molecule has 76 valence electrons. The lowest BCUT2D eigenvalue weighted by molar-refractivity contribution is 0.143. The van der Waals surface area contributed by atoms with Crippen molar-refractivity contribution in [3.8, 4) is 0 Å². The Morgan fingerprint density at radius 2 is 1.77 bits per heavy atom. The molecule has 2 rings (SSSR count). The number of hydrogen-bond acceptors (Lipinski definition) is 1. The van der Waals surface area contributed by atoms with Gasteiger partial charge < -0.3 is 5.32 Å². The molecule has 1 aliphatic heterocycles. The minimum Gasteiger partial charge on any atom is -0.311 e. The number of hydrogen-bond donors (Lipinski definition) is 1. The number of piperidine rings is 1. The molecule has 1 saturated carbocycles. The molecule has 1 nitrogen and oxygen atoms in total. The molecule has 1 unspecified atom stereocenters. The van der Waals surface area contributed by atoms with Gasteiger partial charge in [0.1, 0.15) is 0 Å². The van der Waals surface area contributed by atoms with Gasteiger partial charge in [0, 0.05) is 5.54 Å². The predicted molar refractivity (Wildman–Crippen MR) is 56.8 cm³/mol. The van der Waals surface area contributed by atoms with Crippen LogP contribution in [0.3, 0.4) is 0 Å². The Bertz CT molecular complexity index is 153. The first-order valence-electron chi connectivity index (χ1n) is 6.06. The molecule has 1 heterocycles. The van der Waals surface area contributed by atoms with Crippen LogP contribution in [0.15, 0.2) is 0 Å². The number of rotatable bonds is 1. The fourth-order valence-corrected chi connectivity index (χ4v) is 3.17. The van der Waals surface area contributed by atoms with Crippen molar-refractivity contribution in [3.63, 3.8) is 0 Å². The third-order valence-corrected chi connectivity index (χ3v) is 4.16. The first kappa shape index (κ1) is 9.51. The normalized spacial score (nSPS) is 37.6. The van der Waals surface area contributed by atoms with Gasteiger partial charge in [-0.1, -0.05) is 25.7 Å². The Morgan fingerprint density at radius 3 is 2.38 bits per heavy atom. The van der Waals surface area contributed by atoms with Crippen LogP contribution >= 0.6 is 0 Å². The summed E-state index contributed by atoms with van der Waals surface area (Å²) >= 11 is 0. The quantitative estimate of drug-likeness (QED) is 0.655. The maximum Gasteiger partial charge on any atom is 0.0181 e. The number of nitrogens with one attached hydrogen (secondary N) is 1. The average Bonchev–Trinajstić information content (AvgIpc) is 2.20. The highest BCUT2D eigenvalue weighted by Crippen LogP contribution is 2.36. The molecule has 0 spiro atoms. The lowest BCUT2D eigenvalue weighted by Gasteiger charge is -2.43. The monoisotopic (exact) mass is 181 g/mol. The summed E-state index contributed by atoms with van der Waals surface area (Å²) in [5.74, 6) is 0.974. The molecular weight excluding hydrogens is 158 g/mol. The fourth-order valence-electron chi connectivity index (χ4n) is 3.17. The van der Waals surface area contributed by atoms with E-state index in [0.29, 0.717) is 5.54 Å². The molecule has 1 atom stereocenters. The molecule has 1 N–H and O–H groups in total. The Hall–Kier alpha value is -0.0400. The molecule has 0 aromatic carbocycles. The summed E-state index contributed by atoms with van der Waals surface area (Å²) in [5, 5.41) is 3.77. The predicted octanol–water partition coefficient (Wildman–Crippen LogP) is 3.10. The van der Waals surface area contributed by atoms with Gasteiger partial charge in [-0.25, -0.2) is 0 Å². The largest absolute Gasteiger partial charge is 0.311 e. The molecule has 1 aliphatic carbocycles. The summed E-state index contributed by atoms with van der Waals surface area (Å²) in [6, 6.07) is 0. The van der Waals surface area contributed by atoms with Crippen LogP contribution in [0.2, 0.25) is 0 Å². The van der Waals surface area contributed by atoms with E-state index in [1.807, 2.05) is 0 Å². The van der Waals surface area contributed by atoms with E-state index in [4.69, 9.17) is 0 Å². The molecule has 13 heavy (non-hydrogen) atoms. The second-order valence-electron chi connectivity index (χ2n) is 5.14. The minimum atomic E-state index is 0.499. The van der Waals surface area contributed by atoms with Gasteiger partial charge in [0.25, 0.3) is 0 Å². The molecule has 1 saturated heterocycles. The Kier molecular flexibility index (Phi) is 2.92. The summed E-state index contributed by atoms with van der Waals surface area (Å²) in [4.78, 5) is 0. The molecule has 0 radical (unpaired) electrons. The molecule has 0 aromatic rings. The van der Waals surface area contributed by atoms with Crippen LogP contribution in [0.5, 0.6) is 0 Å². The highest BCUT2D eigenvalue weighted by Gasteiger charge is 2.35. The SMILES string of the molecule is CC1(C2CCCCC2)CCCCN1. The van der Waals surface area contributed by atoms with Crippen molar-refractivity contribution >= 4 is 0 Å². The Balaban J connectivity index is 1.94. The van der Waals surface area contributed by atoms with Gasteiger partial charge in [0.05, 0.1) is 0 Å². The van der Waals surface area contributed by atoms with Gasteiger partial charge in [0.15, 0.2) is 0 Å². The van der Waals surface area contributed by atoms with E-state index in [1.165, 1.54) is 57.9 Å². The van der Waals surface area contributed by atoms with Gasteiger partial charge in [-0.05, 0) is 45.1 Å². The van der Waals surface area contributed by atoms with Gasteiger partial charge in [-0.15, -0.1) is 0 Å². The van der Waals surface area contributed by atoms with Crippen LogP contribution in [0.4, 0.5) is 0 Å². The van der Waals surface area contributed by atoms with Crippen LogP contribution in [-0.2, 0) is 0 Å². The molecule has 0 amide bonds. The van der Waals surface area contributed by atoms with Gasteiger partial charge in [0.2, 0.25) is 0 Å². The van der Waals surface area contributed by atoms with E-state index in [9.17, 15) is 0 Å². The molecule has 0 bridgehead atoms. The lowest BCUT2D eigenvalue weighted by atomic mass is 9.72. The summed E-state index contributed by atoms with van der Waals surface area (Å²) in [7, 11) is 0. The van der Waals surface area contributed by atoms with E-state index in [0.717, 1.165) is 5.92 Å². The zero-order valence-electron chi connectivity index (χ0n) is 8.94. The van der Waals surface area contributed by atoms with E-state index in [-0.39, 0.29) is 0 Å². The minimum absolute atomic E-state index is 0.499. The fraction of sp³-hybridized carbons (Fsp3) is 1.00. The summed E-state index contributed by atoms with van der Waals surface area (Å²) in [6.07, 6.45) is 11.6. The second kappa shape index (κ2) is 4.00. The summed E-state index contributed by atoms with van der Waals surface area (Å²) < 4.78 is 0. The lowest BCUT2D eigenvalue weighted by Crippen LogP contribution is -2.52. The summed E-state index contributed by atoms with van der Waals surface area (Å²) in [6.45, 7) is 3.72. The summed E-state index contributed by atoms with van der Waals surface area (Å²) in [5.41, 5.74) is 0.499. The van der Waals surface area contributed by atoms with Gasteiger partial charge in [-0.3, -0.25) is 0 Å². The van der Waals surface area contributed by atoms with Crippen LogP contribution in [0.1, 0.15) is 58.3 Å². The molecule has 1 heteroatoms. The van der Waals surface area contributed by atoms with E-state index >= 15 is 0 Å². The first-order chi connectivity index (χ1) is 6.31. The van der Waals surface area contributed by atoms with Crippen molar-refractivity contribution in [2.24, 2.45) is 5.92 Å². The molecule has 2 fully saturated rings. The highest BCUT2D eigenvalue weighted by molar-refractivity contribution is 4.93. The van der Waals surface area contributed by atoms with Crippen LogP contribution in [-0.4, -0.2) is 12.1 Å².